The van der Waals surface area contributed by atoms with Crippen molar-refractivity contribution in [3.63, 3.8) is 0 Å². The fraction of sp³-hybridized carbons (Fsp3) is 0.647. The first kappa shape index (κ1) is 15.5. The maximum absolute atomic E-state index is 13.8. The molecule has 0 saturated carbocycles. The van der Waals surface area contributed by atoms with Crippen LogP contribution in [0.4, 0.5) is 4.39 Å². The quantitative estimate of drug-likeness (QED) is 0.845. The molecule has 0 amide bonds. The van der Waals surface area contributed by atoms with E-state index in [4.69, 9.17) is 4.74 Å². The van der Waals surface area contributed by atoms with Gasteiger partial charge in [-0.1, -0.05) is 19.1 Å². The Hall–Kier alpha value is -0.930. The average Bonchev–Trinajstić information content (AvgIpc) is 2.47. The Morgan fingerprint density at radius 2 is 2.25 bits per heavy atom. The van der Waals surface area contributed by atoms with Crippen molar-refractivity contribution in [3.8, 4) is 0 Å². The summed E-state index contributed by atoms with van der Waals surface area (Å²) >= 11 is 0. The first-order valence-corrected chi connectivity index (χ1v) is 7.81. The van der Waals surface area contributed by atoms with Gasteiger partial charge in [-0.2, -0.15) is 0 Å². The van der Waals surface area contributed by atoms with Crippen molar-refractivity contribution < 1.29 is 9.13 Å². The normalized spacial score (nSPS) is 20.9. The largest absolute Gasteiger partial charge is 0.378 e. The second kappa shape index (κ2) is 7.75. The number of hydrogen-bond donors (Lipinski definition) is 1. The number of hydrogen-bond acceptors (Lipinski definition) is 2. The lowest BCUT2D eigenvalue weighted by Gasteiger charge is -2.28. The van der Waals surface area contributed by atoms with Crippen LogP contribution in [-0.2, 0) is 4.74 Å². The minimum Gasteiger partial charge on any atom is -0.378 e. The number of benzene rings is 1. The van der Waals surface area contributed by atoms with Gasteiger partial charge >= 0.3 is 0 Å². The monoisotopic (exact) mass is 279 g/mol. The zero-order valence-corrected chi connectivity index (χ0v) is 12.6. The van der Waals surface area contributed by atoms with Crippen LogP contribution in [-0.4, -0.2) is 19.3 Å². The molecule has 112 valence electrons. The number of nitrogens with one attached hydrogen (secondary N) is 1. The molecule has 20 heavy (non-hydrogen) atoms. The highest BCUT2D eigenvalue weighted by Gasteiger charge is 2.21. The first-order valence-electron chi connectivity index (χ1n) is 7.81. The Balaban J connectivity index is 2.06. The lowest BCUT2D eigenvalue weighted by atomic mass is 9.95. The molecule has 1 saturated heterocycles. The molecule has 2 atom stereocenters. The number of ether oxygens (including phenoxy) is 1. The molecule has 1 N–H and O–H groups in total. The number of rotatable bonds is 6. The van der Waals surface area contributed by atoms with Gasteiger partial charge < -0.3 is 10.1 Å². The van der Waals surface area contributed by atoms with Gasteiger partial charge in [-0.05, 0) is 62.8 Å². The van der Waals surface area contributed by atoms with Gasteiger partial charge in [0.05, 0.1) is 6.10 Å². The minimum atomic E-state index is -0.115. The average molecular weight is 279 g/mol. The molecule has 0 aliphatic carbocycles. The third-order valence-corrected chi connectivity index (χ3v) is 4.01. The van der Waals surface area contributed by atoms with Gasteiger partial charge in [-0.3, -0.25) is 0 Å². The highest BCUT2D eigenvalue weighted by Crippen LogP contribution is 2.26. The number of aryl methyl sites for hydroxylation is 1. The smallest absolute Gasteiger partial charge is 0.126 e. The SMILES string of the molecule is CCCNC(CC1CCCCO1)c1ccc(C)c(F)c1. The maximum atomic E-state index is 13.8. The van der Waals surface area contributed by atoms with E-state index in [0.717, 1.165) is 38.0 Å². The predicted octanol–water partition coefficient (Wildman–Crippen LogP) is 4.13. The van der Waals surface area contributed by atoms with E-state index in [0.29, 0.717) is 11.7 Å². The summed E-state index contributed by atoms with van der Waals surface area (Å²) in [6.45, 7) is 5.77. The van der Waals surface area contributed by atoms with Crippen LogP contribution in [0.3, 0.4) is 0 Å². The molecule has 2 rings (SSSR count). The molecule has 0 aromatic heterocycles. The first-order chi connectivity index (χ1) is 9.70. The van der Waals surface area contributed by atoms with Crippen LogP contribution in [0, 0.1) is 12.7 Å². The number of halogens is 1. The second-order valence-corrected chi connectivity index (χ2v) is 5.74. The summed E-state index contributed by atoms with van der Waals surface area (Å²) in [5.74, 6) is -0.115. The van der Waals surface area contributed by atoms with Crippen LogP contribution < -0.4 is 5.32 Å². The molecule has 3 heteroatoms. The minimum absolute atomic E-state index is 0.115. The molecule has 1 aromatic rings. The van der Waals surface area contributed by atoms with Crippen molar-refractivity contribution in [2.45, 2.75) is 58.1 Å². The van der Waals surface area contributed by atoms with Crippen molar-refractivity contribution in [2.75, 3.05) is 13.2 Å². The van der Waals surface area contributed by atoms with Crippen LogP contribution in [0.1, 0.15) is 56.2 Å². The van der Waals surface area contributed by atoms with Crippen molar-refractivity contribution in [3.05, 3.63) is 35.1 Å². The summed E-state index contributed by atoms with van der Waals surface area (Å²) in [7, 11) is 0. The van der Waals surface area contributed by atoms with E-state index >= 15 is 0 Å². The van der Waals surface area contributed by atoms with E-state index in [1.54, 1.807) is 13.0 Å². The van der Waals surface area contributed by atoms with E-state index < -0.39 is 0 Å². The molecular weight excluding hydrogens is 253 g/mol. The van der Waals surface area contributed by atoms with Crippen LogP contribution in [0.2, 0.25) is 0 Å². The lowest BCUT2D eigenvalue weighted by Crippen LogP contribution is -2.29. The predicted molar refractivity (Wildman–Crippen MR) is 80.4 cm³/mol. The zero-order valence-electron chi connectivity index (χ0n) is 12.6. The molecule has 1 heterocycles. The highest BCUT2D eigenvalue weighted by atomic mass is 19.1. The topological polar surface area (TPSA) is 21.3 Å². The fourth-order valence-corrected chi connectivity index (χ4v) is 2.74. The summed E-state index contributed by atoms with van der Waals surface area (Å²) in [5, 5.41) is 3.53. The summed E-state index contributed by atoms with van der Waals surface area (Å²) in [4.78, 5) is 0. The van der Waals surface area contributed by atoms with E-state index in [-0.39, 0.29) is 11.9 Å². The molecule has 0 radical (unpaired) electrons. The van der Waals surface area contributed by atoms with Gasteiger partial charge in [0.25, 0.3) is 0 Å². The fourth-order valence-electron chi connectivity index (χ4n) is 2.74. The maximum Gasteiger partial charge on any atom is 0.126 e. The molecule has 2 nitrogen and oxygen atoms in total. The van der Waals surface area contributed by atoms with Gasteiger partial charge in [-0.15, -0.1) is 0 Å². The molecule has 1 aliphatic heterocycles. The summed E-state index contributed by atoms with van der Waals surface area (Å²) in [6, 6.07) is 5.76. The van der Waals surface area contributed by atoms with Gasteiger partial charge in [0.1, 0.15) is 5.82 Å². The highest BCUT2D eigenvalue weighted by molar-refractivity contribution is 5.26. The van der Waals surface area contributed by atoms with Crippen molar-refractivity contribution >= 4 is 0 Å². The van der Waals surface area contributed by atoms with E-state index in [1.165, 1.54) is 12.8 Å². The molecule has 1 aliphatic rings. The Morgan fingerprint density at radius 1 is 1.40 bits per heavy atom. The van der Waals surface area contributed by atoms with Crippen molar-refractivity contribution in [2.24, 2.45) is 0 Å². The third kappa shape index (κ3) is 4.29. The van der Waals surface area contributed by atoms with Gasteiger partial charge in [0.15, 0.2) is 0 Å². The Morgan fingerprint density at radius 3 is 2.90 bits per heavy atom. The summed E-state index contributed by atoms with van der Waals surface area (Å²) < 4.78 is 19.6. The molecule has 0 spiro atoms. The molecular formula is C17H26FNO. The Kier molecular flexibility index (Phi) is 5.99. The van der Waals surface area contributed by atoms with Crippen LogP contribution in [0.15, 0.2) is 18.2 Å². The Labute approximate surface area is 121 Å². The van der Waals surface area contributed by atoms with Gasteiger partial charge in [0, 0.05) is 12.6 Å². The summed E-state index contributed by atoms with van der Waals surface area (Å²) in [5.41, 5.74) is 1.74. The molecule has 0 bridgehead atoms. The third-order valence-electron chi connectivity index (χ3n) is 4.01. The van der Waals surface area contributed by atoms with Crippen LogP contribution >= 0.6 is 0 Å². The van der Waals surface area contributed by atoms with Crippen LogP contribution in [0.5, 0.6) is 0 Å². The van der Waals surface area contributed by atoms with Crippen molar-refractivity contribution in [1.82, 2.24) is 5.32 Å². The van der Waals surface area contributed by atoms with E-state index in [2.05, 4.69) is 12.2 Å². The molecule has 1 aromatic carbocycles. The Bertz CT molecular complexity index is 415. The molecule has 1 fully saturated rings. The van der Waals surface area contributed by atoms with Gasteiger partial charge in [-0.25, -0.2) is 4.39 Å². The molecule has 2 unspecified atom stereocenters. The van der Waals surface area contributed by atoms with E-state index in [9.17, 15) is 4.39 Å². The lowest BCUT2D eigenvalue weighted by molar-refractivity contribution is 0.00503. The van der Waals surface area contributed by atoms with E-state index in [1.807, 2.05) is 12.1 Å². The van der Waals surface area contributed by atoms with Crippen LogP contribution in [0.25, 0.3) is 0 Å². The zero-order chi connectivity index (χ0) is 14.4. The van der Waals surface area contributed by atoms with Crippen molar-refractivity contribution in [1.29, 1.82) is 0 Å². The summed E-state index contributed by atoms with van der Waals surface area (Å²) in [6.07, 6.45) is 5.86. The standard InChI is InChI=1S/C17H26FNO/c1-3-9-19-17(12-15-6-4-5-10-20-15)14-8-7-13(2)16(18)11-14/h7-8,11,15,17,19H,3-6,9-10,12H2,1-2H3. The van der Waals surface area contributed by atoms with Gasteiger partial charge in [0.2, 0.25) is 0 Å². The second-order valence-electron chi connectivity index (χ2n) is 5.74.